The highest BCUT2D eigenvalue weighted by molar-refractivity contribution is 6.09. The van der Waals surface area contributed by atoms with Crippen molar-refractivity contribution < 1.29 is 9.59 Å². The van der Waals surface area contributed by atoms with Gasteiger partial charge in [0.05, 0.1) is 11.4 Å². The molecule has 4 aromatic rings. The summed E-state index contributed by atoms with van der Waals surface area (Å²) in [7, 11) is 0. The van der Waals surface area contributed by atoms with Crippen LogP contribution in [0.25, 0.3) is 11.3 Å². The maximum atomic E-state index is 13.5. The summed E-state index contributed by atoms with van der Waals surface area (Å²) in [5.74, 6) is 0.436. The Bertz CT molecular complexity index is 1400. The van der Waals surface area contributed by atoms with Gasteiger partial charge >= 0.3 is 0 Å². The van der Waals surface area contributed by atoms with E-state index in [0.717, 1.165) is 28.1 Å². The lowest BCUT2D eigenvalue weighted by Gasteiger charge is -2.23. The molecule has 1 aliphatic heterocycles. The molecular formula is C28H24N4O2. The third-order valence-corrected chi connectivity index (χ3v) is 6.06. The summed E-state index contributed by atoms with van der Waals surface area (Å²) >= 11 is 0. The Balaban J connectivity index is 1.40. The number of amides is 2. The molecule has 0 bridgehead atoms. The van der Waals surface area contributed by atoms with Gasteiger partial charge in [-0.25, -0.2) is 9.97 Å². The lowest BCUT2D eigenvalue weighted by Crippen LogP contribution is -2.32. The summed E-state index contributed by atoms with van der Waals surface area (Å²) in [4.78, 5) is 37.0. The second-order valence-corrected chi connectivity index (χ2v) is 8.36. The predicted molar refractivity (Wildman–Crippen MR) is 133 cm³/mol. The van der Waals surface area contributed by atoms with Crippen LogP contribution in [0.5, 0.6) is 0 Å². The fourth-order valence-electron chi connectivity index (χ4n) is 4.26. The molecule has 5 rings (SSSR count). The van der Waals surface area contributed by atoms with Gasteiger partial charge < -0.3 is 10.2 Å². The SMILES string of the molecule is Cc1ncc2c(n1)-c1ccccc1N(C(=O)c1ccc(NC(=O)c3ccccc3C)cc1)CC2. The number of nitrogens with one attached hydrogen (secondary N) is 1. The minimum atomic E-state index is -0.173. The number of carbonyl (C=O) groups excluding carboxylic acids is 2. The summed E-state index contributed by atoms with van der Waals surface area (Å²) in [6, 6.07) is 22.3. The molecule has 0 spiro atoms. The Morgan fingerprint density at radius 2 is 1.65 bits per heavy atom. The van der Waals surface area contributed by atoms with Crippen molar-refractivity contribution in [3.05, 3.63) is 107 Å². The van der Waals surface area contributed by atoms with Gasteiger partial charge in [0.1, 0.15) is 5.82 Å². The minimum Gasteiger partial charge on any atom is -0.322 e. The van der Waals surface area contributed by atoms with E-state index < -0.39 is 0 Å². The number of aryl methyl sites for hydroxylation is 2. The number of carbonyl (C=O) groups is 2. The molecule has 1 aromatic heterocycles. The number of nitrogens with zero attached hydrogens (tertiary/aromatic N) is 3. The standard InChI is InChI=1S/C28H24N4O2/c1-18-7-3-4-8-23(18)27(33)31-22-13-11-20(12-14-22)28(34)32-16-15-21-17-29-19(2)30-26(21)24-9-5-6-10-25(24)32/h3-14,17H,15-16H2,1-2H3,(H,31,33). The maximum Gasteiger partial charge on any atom is 0.258 e. The number of fused-ring (bicyclic) bond motifs is 3. The van der Waals surface area contributed by atoms with E-state index >= 15 is 0 Å². The van der Waals surface area contributed by atoms with Gasteiger partial charge in [-0.05, 0) is 67.8 Å². The van der Waals surface area contributed by atoms with E-state index in [9.17, 15) is 9.59 Å². The maximum absolute atomic E-state index is 13.5. The van der Waals surface area contributed by atoms with Gasteiger partial charge in [-0.15, -0.1) is 0 Å². The van der Waals surface area contributed by atoms with E-state index in [1.807, 2.05) is 62.5 Å². The predicted octanol–water partition coefficient (Wildman–Crippen LogP) is 5.22. The van der Waals surface area contributed by atoms with Crippen molar-refractivity contribution in [1.29, 1.82) is 0 Å². The summed E-state index contributed by atoms with van der Waals surface area (Å²) < 4.78 is 0. The Labute approximate surface area is 198 Å². The second-order valence-electron chi connectivity index (χ2n) is 8.36. The molecule has 1 aliphatic rings. The number of hydrogen-bond donors (Lipinski definition) is 1. The van der Waals surface area contributed by atoms with Crippen molar-refractivity contribution in [2.45, 2.75) is 20.3 Å². The zero-order valence-electron chi connectivity index (χ0n) is 19.1. The van der Waals surface area contributed by atoms with Crippen LogP contribution in [0.1, 0.15) is 37.7 Å². The van der Waals surface area contributed by atoms with Gasteiger partial charge in [-0.1, -0.05) is 36.4 Å². The monoisotopic (exact) mass is 448 g/mol. The van der Waals surface area contributed by atoms with E-state index in [0.29, 0.717) is 35.6 Å². The van der Waals surface area contributed by atoms with Crippen LogP contribution in [0.4, 0.5) is 11.4 Å². The molecule has 0 saturated carbocycles. The Hall–Kier alpha value is -4.32. The zero-order valence-corrected chi connectivity index (χ0v) is 19.1. The van der Waals surface area contributed by atoms with Crippen molar-refractivity contribution in [3.8, 4) is 11.3 Å². The van der Waals surface area contributed by atoms with E-state index in [1.165, 1.54) is 0 Å². The van der Waals surface area contributed by atoms with Crippen LogP contribution in [0.2, 0.25) is 0 Å². The minimum absolute atomic E-state index is 0.0956. The molecule has 0 aliphatic carbocycles. The first-order valence-corrected chi connectivity index (χ1v) is 11.2. The smallest absolute Gasteiger partial charge is 0.258 e. The molecule has 34 heavy (non-hydrogen) atoms. The van der Waals surface area contributed by atoms with Crippen molar-refractivity contribution in [2.24, 2.45) is 0 Å². The van der Waals surface area contributed by atoms with Crippen molar-refractivity contribution in [1.82, 2.24) is 9.97 Å². The van der Waals surface area contributed by atoms with Gasteiger partial charge in [-0.2, -0.15) is 0 Å². The number of rotatable bonds is 3. The molecule has 0 fully saturated rings. The average Bonchev–Trinajstić information content (AvgIpc) is 3.01. The molecule has 3 aromatic carbocycles. The van der Waals surface area contributed by atoms with E-state index in [-0.39, 0.29) is 11.8 Å². The first-order valence-electron chi connectivity index (χ1n) is 11.2. The topological polar surface area (TPSA) is 75.2 Å². The quantitative estimate of drug-likeness (QED) is 0.467. The molecule has 6 nitrogen and oxygen atoms in total. The molecule has 6 heteroatoms. The van der Waals surface area contributed by atoms with Crippen molar-refractivity contribution >= 4 is 23.2 Å². The number of benzene rings is 3. The third kappa shape index (κ3) is 4.06. The average molecular weight is 449 g/mol. The van der Waals surface area contributed by atoms with Crippen molar-refractivity contribution in [2.75, 3.05) is 16.8 Å². The van der Waals surface area contributed by atoms with Gasteiger partial charge in [0.2, 0.25) is 0 Å². The first-order chi connectivity index (χ1) is 16.5. The van der Waals surface area contributed by atoms with Crippen LogP contribution in [0, 0.1) is 13.8 Å². The summed E-state index contributed by atoms with van der Waals surface area (Å²) in [6.45, 7) is 4.30. The number of hydrogen-bond acceptors (Lipinski definition) is 4. The van der Waals surface area contributed by atoms with Gasteiger partial charge in [-0.3, -0.25) is 9.59 Å². The van der Waals surface area contributed by atoms with Crippen molar-refractivity contribution in [3.63, 3.8) is 0 Å². The van der Waals surface area contributed by atoms with Crippen LogP contribution in [-0.4, -0.2) is 28.3 Å². The molecule has 2 heterocycles. The molecule has 0 saturated heterocycles. The Kier molecular flexibility index (Phi) is 5.64. The van der Waals surface area contributed by atoms with Gasteiger partial charge in [0, 0.05) is 35.1 Å². The zero-order chi connectivity index (χ0) is 23.7. The molecule has 2 amide bonds. The van der Waals surface area contributed by atoms with Crippen LogP contribution in [0.15, 0.2) is 79.0 Å². The molecule has 0 unspecified atom stereocenters. The van der Waals surface area contributed by atoms with E-state index in [4.69, 9.17) is 0 Å². The lowest BCUT2D eigenvalue weighted by atomic mass is 10.0. The summed E-state index contributed by atoms with van der Waals surface area (Å²) in [5, 5.41) is 2.91. The van der Waals surface area contributed by atoms with Gasteiger partial charge in [0.25, 0.3) is 11.8 Å². The third-order valence-electron chi connectivity index (χ3n) is 6.06. The number of para-hydroxylation sites is 1. The fourth-order valence-corrected chi connectivity index (χ4v) is 4.26. The molecular weight excluding hydrogens is 424 g/mol. The Morgan fingerprint density at radius 1 is 0.912 bits per heavy atom. The highest BCUT2D eigenvalue weighted by Crippen LogP contribution is 2.35. The molecule has 1 N–H and O–H groups in total. The molecule has 168 valence electrons. The van der Waals surface area contributed by atoms with Crippen LogP contribution in [0.3, 0.4) is 0 Å². The molecule has 0 radical (unpaired) electrons. The number of anilines is 2. The summed E-state index contributed by atoms with van der Waals surface area (Å²) in [6.07, 6.45) is 2.52. The van der Waals surface area contributed by atoms with Crippen LogP contribution in [-0.2, 0) is 6.42 Å². The van der Waals surface area contributed by atoms with E-state index in [1.54, 1.807) is 35.2 Å². The number of aromatic nitrogens is 2. The normalized spacial score (nSPS) is 12.4. The summed E-state index contributed by atoms with van der Waals surface area (Å²) in [5.41, 5.74) is 6.40. The van der Waals surface area contributed by atoms with Crippen LogP contribution >= 0.6 is 0 Å². The largest absolute Gasteiger partial charge is 0.322 e. The fraction of sp³-hybridized carbons (Fsp3) is 0.143. The highest BCUT2D eigenvalue weighted by Gasteiger charge is 2.26. The highest BCUT2D eigenvalue weighted by atomic mass is 16.2. The van der Waals surface area contributed by atoms with Crippen LogP contribution < -0.4 is 10.2 Å². The lowest BCUT2D eigenvalue weighted by molar-refractivity contribution is 0.0986. The van der Waals surface area contributed by atoms with E-state index in [2.05, 4.69) is 15.3 Å². The first kappa shape index (κ1) is 21.5. The second kappa shape index (κ2) is 8.90. The Morgan fingerprint density at radius 3 is 2.44 bits per heavy atom. The van der Waals surface area contributed by atoms with Gasteiger partial charge in [0.15, 0.2) is 0 Å². The molecule has 0 atom stereocenters.